The summed E-state index contributed by atoms with van der Waals surface area (Å²) in [6, 6.07) is 2.87. The van der Waals surface area contributed by atoms with Gasteiger partial charge in [0.25, 0.3) is 17.4 Å². The van der Waals surface area contributed by atoms with Crippen LogP contribution in [0.1, 0.15) is 64.0 Å². The van der Waals surface area contributed by atoms with Crippen molar-refractivity contribution in [1.82, 2.24) is 34.4 Å². The fourth-order valence-electron chi connectivity index (χ4n) is 5.18. The third-order valence-electron chi connectivity index (χ3n) is 7.18. The van der Waals surface area contributed by atoms with Crippen LogP contribution in [0.15, 0.2) is 46.1 Å². The second-order valence-corrected chi connectivity index (χ2v) is 11.4. The second-order valence-electron chi connectivity index (χ2n) is 10.6. The molecule has 0 spiro atoms. The highest BCUT2D eigenvalue weighted by Crippen LogP contribution is 2.36. The normalized spacial score (nSPS) is 15.3. The van der Waals surface area contributed by atoms with Crippen molar-refractivity contribution in [3.05, 3.63) is 85.3 Å². The highest BCUT2D eigenvalue weighted by molar-refractivity contribution is 9.10. The molecule has 4 heterocycles. The number of carbonyl (C=O) groups is 2. The van der Waals surface area contributed by atoms with Gasteiger partial charge in [0.05, 0.1) is 36.4 Å². The Morgan fingerprint density at radius 3 is 2.52 bits per heavy atom. The molecule has 220 valence electrons. The number of carbonyl (C=O) groups excluding carboxylic acids is 2. The number of fused-ring (bicyclic) bond motifs is 3. The second kappa shape index (κ2) is 11.0. The fourth-order valence-corrected chi connectivity index (χ4v) is 5.65. The highest BCUT2D eigenvalue weighted by Gasteiger charge is 2.36. The number of halogens is 4. The first-order chi connectivity index (χ1) is 19.8. The summed E-state index contributed by atoms with van der Waals surface area (Å²) >= 11 is 2.92. The number of amides is 2. The van der Waals surface area contributed by atoms with E-state index in [0.29, 0.717) is 23.3 Å². The Balaban J connectivity index is 1.64. The van der Waals surface area contributed by atoms with E-state index in [2.05, 4.69) is 36.3 Å². The smallest absolute Gasteiger partial charge is 0.354 e. The van der Waals surface area contributed by atoms with Crippen molar-refractivity contribution in [3.8, 4) is 5.82 Å². The van der Waals surface area contributed by atoms with Crippen molar-refractivity contribution >= 4 is 33.4 Å². The van der Waals surface area contributed by atoms with Gasteiger partial charge in [0.2, 0.25) is 0 Å². The molecule has 0 radical (unpaired) electrons. The average Bonchev–Trinajstić information content (AvgIpc) is 3.34. The minimum Gasteiger partial charge on any atom is -0.354 e. The van der Waals surface area contributed by atoms with Gasteiger partial charge in [-0.05, 0) is 43.9 Å². The Morgan fingerprint density at radius 1 is 1.17 bits per heavy atom. The quantitative estimate of drug-likeness (QED) is 0.348. The van der Waals surface area contributed by atoms with Crippen LogP contribution in [0.2, 0.25) is 0 Å². The molecule has 1 N–H and O–H groups in total. The number of nitrogens with one attached hydrogen (secondary N) is 1. The van der Waals surface area contributed by atoms with Gasteiger partial charge in [0.1, 0.15) is 11.3 Å². The predicted molar refractivity (Wildman–Crippen MR) is 150 cm³/mol. The molecule has 4 aromatic rings. The van der Waals surface area contributed by atoms with Crippen molar-refractivity contribution in [2.75, 3.05) is 7.05 Å². The summed E-state index contributed by atoms with van der Waals surface area (Å²) in [7, 11) is 1.47. The van der Waals surface area contributed by atoms with E-state index >= 15 is 0 Å². The van der Waals surface area contributed by atoms with Crippen molar-refractivity contribution in [2.24, 2.45) is 5.92 Å². The molecule has 0 fully saturated rings. The molecule has 0 bridgehead atoms. The summed E-state index contributed by atoms with van der Waals surface area (Å²) in [6.45, 7) is 5.75. The summed E-state index contributed by atoms with van der Waals surface area (Å²) in [5.74, 6) is -0.591. The third kappa shape index (κ3) is 5.19. The Hall–Kier alpha value is -4.07. The van der Waals surface area contributed by atoms with E-state index in [4.69, 9.17) is 0 Å². The molecule has 2 amide bonds. The Labute approximate surface area is 246 Å². The van der Waals surface area contributed by atoms with Crippen LogP contribution in [0, 0.1) is 5.92 Å². The standard InChI is InChI=1S/C28H27BrF3N7O3/c1-14(2)7-17-10-36-39-22-13-37(26(41)16-5-6-20(29)19(9-16)28(30,31)32)15(3)8-18(22)27(42)38(25(17)39)23-12-34-21(11-35-23)24(40)33-4/h5-6,9-12,14-15H,7-8,13H2,1-4H3,(H,33,40)/t15-/m0/s1. The number of aromatic nitrogens is 5. The molecule has 3 aromatic heterocycles. The van der Waals surface area contributed by atoms with E-state index in [9.17, 15) is 27.6 Å². The van der Waals surface area contributed by atoms with E-state index in [0.717, 1.165) is 11.6 Å². The first-order valence-corrected chi connectivity index (χ1v) is 14.0. The number of hydrogen-bond acceptors (Lipinski definition) is 6. The summed E-state index contributed by atoms with van der Waals surface area (Å²) in [5, 5.41) is 7.05. The fraction of sp³-hybridized carbons (Fsp3) is 0.357. The van der Waals surface area contributed by atoms with Crippen LogP contribution < -0.4 is 10.9 Å². The zero-order valence-electron chi connectivity index (χ0n) is 23.2. The van der Waals surface area contributed by atoms with Crippen LogP contribution in [0.3, 0.4) is 0 Å². The lowest BCUT2D eigenvalue weighted by Gasteiger charge is -2.35. The van der Waals surface area contributed by atoms with Crippen LogP contribution in [0.25, 0.3) is 11.5 Å². The average molecular weight is 646 g/mol. The summed E-state index contributed by atoms with van der Waals surface area (Å²) in [5.41, 5.74) is 0.741. The maximum absolute atomic E-state index is 14.1. The van der Waals surface area contributed by atoms with E-state index in [1.807, 2.05) is 13.8 Å². The molecule has 1 aromatic carbocycles. The summed E-state index contributed by atoms with van der Waals surface area (Å²) in [6.07, 6.45) is 0.372. The van der Waals surface area contributed by atoms with Crippen LogP contribution in [-0.2, 0) is 25.6 Å². The summed E-state index contributed by atoms with van der Waals surface area (Å²) < 4.78 is 43.5. The zero-order chi connectivity index (χ0) is 30.5. The predicted octanol–water partition coefficient (Wildman–Crippen LogP) is 4.20. The van der Waals surface area contributed by atoms with E-state index in [1.165, 1.54) is 41.0 Å². The molecule has 14 heteroatoms. The number of hydrogen-bond donors (Lipinski definition) is 1. The van der Waals surface area contributed by atoms with Crippen molar-refractivity contribution in [3.63, 3.8) is 0 Å². The van der Waals surface area contributed by atoms with Gasteiger partial charge in [-0.15, -0.1) is 0 Å². The zero-order valence-corrected chi connectivity index (χ0v) is 24.7. The van der Waals surface area contributed by atoms with Gasteiger partial charge in [-0.25, -0.2) is 19.1 Å². The molecule has 0 saturated carbocycles. The largest absolute Gasteiger partial charge is 0.417 e. The number of nitrogens with zero attached hydrogens (tertiary/aromatic N) is 6. The minimum absolute atomic E-state index is 0.0383. The van der Waals surface area contributed by atoms with Crippen LogP contribution >= 0.6 is 15.9 Å². The minimum atomic E-state index is -4.64. The van der Waals surface area contributed by atoms with Gasteiger partial charge in [-0.2, -0.15) is 18.3 Å². The monoisotopic (exact) mass is 645 g/mol. The van der Waals surface area contributed by atoms with Gasteiger partial charge in [0.15, 0.2) is 5.82 Å². The van der Waals surface area contributed by atoms with Crippen molar-refractivity contribution < 1.29 is 22.8 Å². The van der Waals surface area contributed by atoms with Gasteiger partial charge >= 0.3 is 6.18 Å². The molecular weight excluding hydrogens is 619 g/mol. The Morgan fingerprint density at radius 2 is 1.90 bits per heavy atom. The third-order valence-corrected chi connectivity index (χ3v) is 7.87. The lowest BCUT2D eigenvalue weighted by atomic mass is 9.97. The van der Waals surface area contributed by atoms with Crippen molar-refractivity contribution in [2.45, 2.75) is 52.4 Å². The first-order valence-electron chi connectivity index (χ1n) is 13.2. The van der Waals surface area contributed by atoms with Gasteiger partial charge in [-0.1, -0.05) is 29.8 Å². The maximum atomic E-state index is 14.1. The Bertz CT molecular complexity index is 1760. The lowest BCUT2D eigenvalue weighted by Crippen LogP contribution is -2.46. The van der Waals surface area contributed by atoms with E-state index in [-0.39, 0.29) is 46.0 Å². The number of rotatable bonds is 5. The molecule has 0 aliphatic carbocycles. The first kappa shape index (κ1) is 29.4. The highest BCUT2D eigenvalue weighted by atomic mass is 79.9. The molecule has 1 aliphatic rings. The molecule has 0 unspecified atom stereocenters. The molecule has 42 heavy (non-hydrogen) atoms. The van der Waals surface area contributed by atoms with Crippen LogP contribution in [-0.4, -0.2) is 54.0 Å². The lowest BCUT2D eigenvalue weighted by molar-refractivity contribution is -0.138. The topological polar surface area (TPSA) is 114 Å². The number of benzene rings is 1. The van der Waals surface area contributed by atoms with Crippen LogP contribution in [0.5, 0.6) is 0 Å². The van der Waals surface area contributed by atoms with Gasteiger partial charge in [0, 0.05) is 34.3 Å². The Kier molecular flexibility index (Phi) is 7.68. The van der Waals surface area contributed by atoms with Crippen LogP contribution in [0.4, 0.5) is 13.2 Å². The maximum Gasteiger partial charge on any atom is 0.417 e. The molecule has 0 saturated heterocycles. The molecule has 10 nitrogen and oxygen atoms in total. The van der Waals surface area contributed by atoms with Gasteiger partial charge in [-0.3, -0.25) is 14.4 Å². The number of alkyl halides is 3. The molecule has 1 atom stereocenters. The molecular formula is C28H27BrF3N7O3. The van der Waals surface area contributed by atoms with E-state index < -0.39 is 29.6 Å². The molecule has 5 rings (SSSR count). The molecule has 1 aliphatic heterocycles. The SMILES string of the molecule is CNC(=O)c1cnc(-n2c(=O)c3c(n4ncc(CC(C)C)c24)CN(C(=O)c2ccc(Br)c(C(F)(F)F)c2)[C@@H](C)C3)cn1. The van der Waals surface area contributed by atoms with E-state index in [1.54, 1.807) is 17.6 Å². The summed E-state index contributed by atoms with van der Waals surface area (Å²) in [4.78, 5) is 49.6. The van der Waals surface area contributed by atoms with Gasteiger partial charge < -0.3 is 10.2 Å². The van der Waals surface area contributed by atoms with Crippen molar-refractivity contribution in [1.29, 1.82) is 0 Å².